The molecule has 4 N–H and O–H groups in total. The van der Waals surface area contributed by atoms with Gasteiger partial charge in [0.1, 0.15) is 5.82 Å². The molecule has 31 heavy (non-hydrogen) atoms. The van der Waals surface area contributed by atoms with Gasteiger partial charge in [0.25, 0.3) is 5.91 Å². The van der Waals surface area contributed by atoms with E-state index in [1.165, 1.54) is 18.5 Å². The fraction of sp³-hybridized carbons (Fsp3) is 0.250. The molecule has 7 heteroatoms. The number of ether oxygens (including phenoxy) is 2. The highest BCUT2D eigenvalue weighted by Crippen LogP contribution is 2.36. The zero-order chi connectivity index (χ0) is 22.0. The number of primary amides is 1. The molecule has 3 aromatic rings. The van der Waals surface area contributed by atoms with Crippen LogP contribution in [-0.2, 0) is 0 Å². The van der Waals surface area contributed by atoms with Crippen LogP contribution < -0.4 is 25.8 Å². The van der Waals surface area contributed by atoms with Crippen molar-refractivity contribution in [1.82, 2.24) is 4.98 Å². The van der Waals surface area contributed by atoms with Gasteiger partial charge in [-0.1, -0.05) is 12.1 Å². The number of hydrogen-bond donors (Lipinski definition) is 2. The maximum absolute atomic E-state index is 12.2. The minimum Gasteiger partial charge on any atom is -0.493 e. The third kappa shape index (κ3) is 3.99. The first-order valence-corrected chi connectivity index (χ1v) is 10.2. The normalized spacial score (nSPS) is 13.3. The highest BCUT2D eigenvalue weighted by molar-refractivity contribution is 6.04. The Morgan fingerprint density at radius 1 is 0.935 bits per heavy atom. The molecule has 1 fully saturated rings. The zero-order valence-corrected chi connectivity index (χ0v) is 17.7. The summed E-state index contributed by atoms with van der Waals surface area (Å²) >= 11 is 0. The second-order valence-corrected chi connectivity index (χ2v) is 7.49. The number of pyridine rings is 1. The number of carbonyl (C=O) groups is 1. The van der Waals surface area contributed by atoms with Crippen LogP contribution in [0.4, 0.5) is 11.5 Å². The van der Waals surface area contributed by atoms with Crippen LogP contribution in [0.1, 0.15) is 23.2 Å². The van der Waals surface area contributed by atoms with Gasteiger partial charge in [-0.3, -0.25) is 4.79 Å². The molecule has 1 saturated heterocycles. The Labute approximate surface area is 181 Å². The van der Waals surface area contributed by atoms with E-state index in [0.29, 0.717) is 22.8 Å². The van der Waals surface area contributed by atoms with Crippen LogP contribution in [0.2, 0.25) is 0 Å². The van der Waals surface area contributed by atoms with E-state index in [1.54, 1.807) is 20.3 Å². The molecular formula is C24H26N4O3. The fourth-order valence-corrected chi connectivity index (χ4v) is 4.02. The molecule has 1 amide bonds. The smallest absolute Gasteiger partial charge is 0.253 e. The number of nitrogen functional groups attached to an aromatic ring is 1. The van der Waals surface area contributed by atoms with Crippen LogP contribution in [-0.4, -0.2) is 38.2 Å². The molecule has 2 aromatic carbocycles. The second-order valence-electron chi connectivity index (χ2n) is 7.49. The van der Waals surface area contributed by atoms with E-state index in [4.69, 9.17) is 20.9 Å². The van der Waals surface area contributed by atoms with E-state index in [9.17, 15) is 4.79 Å². The summed E-state index contributed by atoms with van der Waals surface area (Å²) in [4.78, 5) is 19.0. The van der Waals surface area contributed by atoms with Gasteiger partial charge in [-0.15, -0.1) is 0 Å². The summed E-state index contributed by atoms with van der Waals surface area (Å²) in [5.74, 6) is 0.683. The summed E-state index contributed by atoms with van der Waals surface area (Å²) in [5.41, 5.74) is 16.1. The van der Waals surface area contributed by atoms with Crippen molar-refractivity contribution in [2.75, 3.05) is 37.9 Å². The van der Waals surface area contributed by atoms with E-state index >= 15 is 0 Å². The first kappa shape index (κ1) is 20.5. The third-order valence-corrected chi connectivity index (χ3v) is 5.62. The summed E-state index contributed by atoms with van der Waals surface area (Å²) in [6.07, 6.45) is 2.42. The van der Waals surface area contributed by atoms with E-state index < -0.39 is 5.91 Å². The number of anilines is 2. The van der Waals surface area contributed by atoms with E-state index in [1.807, 2.05) is 30.3 Å². The minimum absolute atomic E-state index is 0.0957. The topological polar surface area (TPSA) is 104 Å². The Hall–Kier alpha value is -3.74. The van der Waals surface area contributed by atoms with E-state index in [-0.39, 0.29) is 11.4 Å². The van der Waals surface area contributed by atoms with Crippen molar-refractivity contribution in [2.45, 2.75) is 12.8 Å². The molecular weight excluding hydrogens is 392 g/mol. The molecule has 0 radical (unpaired) electrons. The third-order valence-electron chi connectivity index (χ3n) is 5.62. The average molecular weight is 418 g/mol. The maximum atomic E-state index is 12.2. The van der Waals surface area contributed by atoms with Gasteiger partial charge < -0.3 is 25.8 Å². The largest absolute Gasteiger partial charge is 0.493 e. The van der Waals surface area contributed by atoms with Crippen LogP contribution in [0.25, 0.3) is 22.4 Å². The van der Waals surface area contributed by atoms with Crippen LogP contribution in [0.5, 0.6) is 11.5 Å². The predicted octanol–water partition coefficient (Wildman–Crippen LogP) is 3.71. The number of rotatable bonds is 6. The van der Waals surface area contributed by atoms with Crippen molar-refractivity contribution in [1.29, 1.82) is 0 Å². The summed E-state index contributed by atoms with van der Waals surface area (Å²) in [5, 5.41) is 0. The maximum Gasteiger partial charge on any atom is 0.253 e. The van der Waals surface area contributed by atoms with E-state index in [0.717, 1.165) is 24.2 Å². The van der Waals surface area contributed by atoms with Gasteiger partial charge in [0.2, 0.25) is 0 Å². The SMILES string of the molecule is COc1ccc(-c2cc(-c3ccc(N4CCCC4)cc3)c(C(N)=O)c(N)n2)cc1OC. The lowest BCUT2D eigenvalue weighted by atomic mass is 9.97. The number of amides is 1. The van der Waals surface area contributed by atoms with Gasteiger partial charge in [0.15, 0.2) is 11.5 Å². The Bertz CT molecular complexity index is 1110. The molecule has 160 valence electrons. The summed E-state index contributed by atoms with van der Waals surface area (Å²) in [6, 6.07) is 15.5. The van der Waals surface area contributed by atoms with E-state index in [2.05, 4.69) is 22.0 Å². The summed E-state index contributed by atoms with van der Waals surface area (Å²) < 4.78 is 10.7. The Morgan fingerprint density at radius 3 is 2.19 bits per heavy atom. The minimum atomic E-state index is -0.609. The summed E-state index contributed by atoms with van der Waals surface area (Å²) in [7, 11) is 3.16. The molecule has 0 spiro atoms. The average Bonchev–Trinajstić information content (AvgIpc) is 3.33. The molecule has 0 aliphatic carbocycles. The number of benzene rings is 2. The van der Waals surface area contributed by atoms with Gasteiger partial charge in [0, 0.05) is 29.9 Å². The van der Waals surface area contributed by atoms with Gasteiger partial charge in [-0.05, 0) is 54.8 Å². The standard InChI is InChI=1S/C24H26N4O3/c1-30-20-10-7-16(13-21(20)31-2)19-14-18(22(24(26)29)23(25)27-19)15-5-8-17(9-6-15)28-11-3-4-12-28/h5-10,13-14H,3-4,11-12H2,1-2H3,(H2,25,27)(H2,26,29). The lowest BCUT2D eigenvalue weighted by molar-refractivity contribution is 0.100. The molecule has 7 nitrogen and oxygen atoms in total. The monoisotopic (exact) mass is 418 g/mol. The van der Waals surface area contributed by atoms with Gasteiger partial charge >= 0.3 is 0 Å². The number of nitrogens with zero attached hydrogens (tertiary/aromatic N) is 2. The van der Waals surface area contributed by atoms with Crippen molar-refractivity contribution in [3.8, 4) is 33.9 Å². The molecule has 0 unspecified atom stereocenters. The molecule has 0 bridgehead atoms. The van der Waals surface area contributed by atoms with Crippen molar-refractivity contribution in [3.63, 3.8) is 0 Å². The number of hydrogen-bond acceptors (Lipinski definition) is 6. The Balaban J connectivity index is 1.80. The second kappa shape index (κ2) is 8.55. The highest BCUT2D eigenvalue weighted by atomic mass is 16.5. The van der Waals surface area contributed by atoms with Gasteiger partial charge in [0.05, 0.1) is 25.5 Å². The van der Waals surface area contributed by atoms with Crippen LogP contribution >= 0.6 is 0 Å². The number of methoxy groups -OCH3 is 2. The Morgan fingerprint density at radius 2 is 1.58 bits per heavy atom. The quantitative estimate of drug-likeness (QED) is 0.632. The van der Waals surface area contributed by atoms with Crippen molar-refractivity contribution < 1.29 is 14.3 Å². The van der Waals surface area contributed by atoms with Crippen molar-refractivity contribution >= 4 is 17.4 Å². The van der Waals surface area contributed by atoms with Crippen LogP contribution in [0, 0.1) is 0 Å². The van der Waals surface area contributed by atoms with Gasteiger partial charge in [-0.25, -0.2) is 4.98 Å². The lowest BCUT2D eigenvalue weighted by Crippen LogP contribution is -2.17. The summed E-state index contributed by atoms with van der Waals surface area (Å²) in [6.45, 7) is 2.13. The molecule has 1 aliphatic rings. The Kier molecular flexibility index (Phi) is 5.66. The number of aromatic nitrogens is 1. The molecule has 2 heterocycles. The lowest BCUT2D eigenvalue weighted by Gasteiger charge is -2.18. The number of nitrogens with two attached hydrogens (primary N) is 2. The number of carbonyl (C=O) groups excluding carboxylic acids is 1. The predicted molar refractivity (Wildman–Crippen MR) is 123 cm³/mol. The molecule has 1 aliphatic heterocycles. The molecule has 4 rings (SSSR count). The molecule has 1 aromatic heterocycles. The van der Waals surface area contributed by atoms with Gasteiger partial charge in [-0.2, -0.15) is 0 Å². The fourth-order valence-electron chi connectivity index (χ4n) is 4.02. The van der Waals surface area contributed by atoms with Crippen molar-refractivity contribution in [2.24, 2.45) is 5.73 Å². The van der Waals surface area contributed by atoms with Crippen LogP contribution in [0.15, 0.2) is 48.5 Å². The zero-order valence-electron chi connectivity index (χ0n) is 17.7. The first-order chi connectivity index (χ1) is 15.0. The first-order valence-electron chi connectivity index (χ1n) is 10.2. The highest BCUT2D eigenvalue weighted by Gasteiger charge is 2.19. The molecule has 0 saturated carbocycles. The van der Waals surface area contributed by atoms with Crippen LogP contribution in [0.3, 0.4) is 0 Å². The van der Waals surface area contributed by atoms with Crippen molar-refractivity contribution in [3.05, 3.63) is 54.1 Å². The molecule has 0 atom stereocenters.